The van der Waals surface area contributed by atoms with Crippen LogP contribution in [0.1, 0.15) is 13.3 Å². The first kappa shape index (κ1) is 18.8. The van der Waals surface area contributed by atoms with Gasteiger partial charge in [-0.3, -0.25) is 12.4 Å². The molecule has 1 rings (SSSR count). The van der Waals surface area contributed by atoms with E-state index >= 15 is 0 Å². The third kappa shape index (κ3) is 47.5. The van der Waals surface area contributed by atoms with Crippen molar-refractivity contribution >= 4 is 14.2 Å². The van der Waals surface area contributed by atoms with Crippen LogP contribution in [0, 0.1) is 6.08 Å². The minimum Gasteiger partial charge on any atom is -0.542 e. The topological polar surface area (TPSA) is 17.1 Å². The average Bonchev–Trinajstić information content (AvgIpc) is 2.40. The van der Waals surface area contributed by atoms with Gasteiger partial charge in [-0.25, -0.2) is 12.2 Å². The maximum atomic E-state index is 8.68. The molecular formula is C10H17FeOP. The summed E-state index contributed by atoms with van der Waals surface area (Å²) >= 11 is 0. The molecule has 0 aromatic rings. The zero-order valence-corrected chi connectivity index (χ0v) is 10.6. The smallest absolute Gasteiger partial charge is 0.542 e. The van der Waals surface area contributed by atoms with E-state index < -0.39 is 0 Å². The zero-order chi connectivity index (χ0) is 9.82. The summed E-state index contributed by atoms with van der Waals surface area (Å²) in [5.74, 6) is 0. The molecule has 1 aliphatic carbocycles. The van der Waals surface area contributed by atoms with Crippen molar-refractivity contribution in [2.75, 3.05) is 20.0 Å². The molecule has 0 atom stereocenters. The van der Waals surface area contributed by atoms with Crippen LogP contribution in [0.15, 0.2) is 18.2 Å². The van der Waals surface area contributed by atoms with Crippen molar-refractivity contribution in [2.24, 2.45) is 0 Å². The molecule has 0 saturated carbocycles. The van der Waals surface area contributed by atoms with Crippen LogP contribution >= 0.6 is 7.92 Å². The fourth-order valence-corrected chi connectivity index (χ4v) is 0.340. The first-order valence-electron chi connectivity index (χ1n) is 3.76. The molecule has 0 radical (unpaired) electrons. The van der Waals surface area contributed by atoms with E-state index in [9.17, 15) is 0 Å². The Morgan fingerprint density at radius 2 is 1.77 bits per heavy atom. The Kier molecular flexibility index (Phi) is 26.0. The maximum absolute atomic E-state index is 8.68. The van der Waals surface area contributed by atoms with E-state index in [-0.39, 0.29) is 17.1 Å². The largest absolute Gasteiger partial charge is 2.00 e. The van der Waals surface area contributed by atoms with E-state index in [1.165, 1.54) is 13.2 Å². The third-order valence-corrected chi connectivity index (χ3v) is 0.586. The molecule has 3 heteroatoms. The molecule has 0 fully saturated rings. The molecule has 1 aliphatic rings. The van der Waals surface area contributed by atoms with Gasteiger partial charge < -0.3 is 4.79 Å². The van der Waals surface area contributed by atoms with Gasteiger partial charge in [-0.2, -0.15) is 13.0 Å². The number of carbonyl (C=O) groups excluding carboxylic acids is 1. The SMILES string of the molecule is CP(C)C.C[C-]=O.[C-]1=CC=CC1.[Fe+2]. The molecule has 76 valence electrons. The summed E-state index contributed by atoms with van der Waals surface area (Å²) in [5, 5.41) is 0. The molecule has 1 nitrogen and oxygen atoms in total. The Balaban J connectivity index is -0.000000116. The molecule has 0 aliphatic heterocycles. The molecule has 0 aromatic heterocycles. The molecule has 0 unspecified atom stereocenters. The number of hydrogen-bond donors (Lipinski definition) is 0. The van der Waals surface area contributed by atoms with Gasteiger partial charge in [0.05, 0.1) is 0 Å². The van der Waals surface area contributed by atoms with E-state index in [1.54, 1.807) is 0 Å². The predicted octanol–water partition coefficient (Wildman–Crippen LogP) is 2.78. The summed E-state index contributed by atoms with van der Waals surface area (Å²) in [7, 11) is 0.380. The van der Waals surface area contributed by atoms with Crippen molar-refractivity contribution in [3.8, 4) is 0 Å². The van der Waals surface area contributed by atoms with E-state index in [4.69, 9.17) is 4.79 Å². The van der Waals surface area contributed by atoms with Crippen LogP contribution in [0.5, 0.6) is 0 Å². The number of allylic oxidation sites excluding steroid dienone is 4. The Morgan fingerprint density at radius 1 is 1.38 bits per heavy atom. The van der Waals surface area contributed by atoms with E-state index in [0.29, 0.717) is 7.92 Å². The van der Waals surface area contributed by atoms with Gasteiger partial charge in [0.15, 0.2) is 0 Å². The van der Waals surface area contributed by atoms with Gasteiger partial charge in [0.2, 0.25) is 0 Å². The Hall–Kier alpha value is 0.0995. The molecule has 0 saturated heterocycles. The van der Waals surface area contributed by atoms with Crippen LogP contribution in [0.2, 0.25) is 0 Å². The standard InChI is InChI=1S/C5H5.C3H9P.C2H3O.Fe/c1-2-4-5-3-1;1-4(2)3;1-2-3;/h1-3H,4H2;1-3H3;1H3;/q-1;;-1;+2. The predicted molar refractivity (Wildman–Crippen MR) is 57.6 cm³/mol. The molecule has 0 amide bonds. The average molecular weight is 240 g/mol. The summed E-state index contributed by atoms with van der Waals surface area (Å²) in [6.07, 6.45) is 11.5. The van der Waals surface area contributed by atoms with Crippen LogP contribution in [-0.2, 0) is 21.9 Å². The van der Waals surface area contributed by atoms with Gasteiger partial charge in [0.25, 0.3) is 0 Å². The summed E-state index contributed by atoms with van der Waals surface area (Å²) in [6.45, 7) is 8.01. The van der Waals surface area contributed by atoms with Crippen LogP contribution in [0.3, 0.4) is 0 Å². The Labute approximate surface area is 93.9 Å². The molecule has 0 aromatic carbocycles. The van der Waals surface area contributed by atoms with E-state index in [1.807, 2.05) is 12.2 Å². The quantitative estimate of drug-likeness (QED) is 0.361. The van der Waals surface area contributed by atoms with Crippen molar-refractivity contribution in [3.63, 3.8) is 0 Å². The van der Waals surface area contributed by atoms with Crippen molar-refractivity contribution in [2.45, 2.75) is 13.3 Å². The van der Waals surface area contributed by atoms with Crippen LogP contribution in [-0.4, -0.2) is 26.3 Å². The number of rotatable bonds is 0. The second-order valence-electron chi connectivity index (χ2n) is 2.55. The zero-order valence-electron chi connectivity index (χ0n) is 8.65. The number of hydrogen-bond acceptors (Lipinski definition) is 1. The van der Waals surface area contributed by atoms with Gasteiger partial charge in [0, 0.05) is 0 Å². The van der Waals surface area contributed by atoms with Gasteiger partial charge >= 0.3 is 17.1 Å². The minimum atomic E-state index is 0. The van der Waals surface area contributed by atoms with Crippen molar-refractivity contribution in [3.05, 3.63) is 24.3 Å². The second-order valence-corrected chi connectivity index (χ2v) is 5.23. The molecule has 0 bridgehead atoms. The molecule has 0 heterocycles. The van der Waals surface area contributed by atoms with Crippen molar-refractivity contribution in [1.29, 1.82) is 0 Å². The second kappa shape index (κ2) is 18.0. The third-order valence-electron chi connectivity index (χ3n) is 0.586. The van der Waals surface area contributed by atoms with E-state index in [0.717, 1.165) is 6.42 Å². The normalized spacial score (nSPS) is 10.5. The first-order valence-corrected chi connectivity index (χ1v) is 6.45. The summed E-state index contributed by atoms with van der Waals surface area (Å²) < 4.78 is 0. The maximum Gasteiger partial charge on any atom is 2.00 e. The fraction of sp³-hybridized carbons (Fsp3) is 0.500. The Morgan fingerprint density at radius 3 is 1.85 bits per heavy atom. The van der Waals surface area contributed by atoms with Crippen LogP contribution in [0.25, 0.3) is 0 Å². The van der Waals surface area contributed by atoms with Crippen LogP contribution < -0.4 is 0 Å². The van der Waals surface area contributed by atoms with Gasteiger partial charge in [-0.1, -0.05) is 0 Å². The first-order chi connectivity index (χ1) is 5.65. The van der Waals surface area contributed by atoms with Gasteiger partial charge in [-0.15, -0.1) is 14.3 Å². The molecule has 13 heavy (non-hydrogen) atoms. The summed E-state index contributed by atoms with van der Waals surface area (Å²) in [5.41, 5.74) is 0. The Bertz CT molecular complexity index is 129. The van der Waals surface area contributed by atoms with Crippen molar-refractivity contribution < 1.29 is 21.9 Å². The van der Waals surface area contributed by atoms with Gasteiger partial charge in [0.1, 0.15) is 0 Å². The monoisotopic (exact) mass is 240 g/mol. The van der Waals surface area contributed by atoms with Gasteiger partial charge in [-0.05, 0) is 20.0 Å². The van der Waals surface area contributed by atoms with Crippen LogP contribution in [0.4, 0.5) is 0 Å². The summed E-state index contributed by atoms with van der Waals surface area (Å²) in [6, 6.07) is 0. The molecule has 0 N–H and O–H groups in total. The minimum absolute atomic E-state index is 0. The van der Waals surface area contributed by atoms with E-state index in [2.05, 4.69) is 32.1 Å². The van der Waals surface area contributed by atoms with Crippen molar-refractivity contribution in [1.82, 2.24) is 0 Å². The molecular weight excluding hydrogens is 223 g/mol. The summed E-state index contributed by atoms with van der Waals surface area (Å²) in [4.78, 5) is 8.68. The molecule has 0 spiro atoms. The fourth-order valence-electron chi connectivity index (χ4n) is 0.340.